The van der Waals surface area contributed by atoms with Gasteiger partial charge >= 0.3 is 6.18 Å². The zero-order valence-corrected chi connectivity index (χ0v) is 17.8. The zero-order chi connectivity index (χ0) is 25.0. The van der Waals surface area contributed by atoms with Gasteiger partial charge in [0.15, 0.2) is 5.69 Å². The second kappa shape index (κ2) is 10.00. The molecule has 34 heavy (non-hydrogen) atoms. The van der Waals surface area contributed by atoms with Crippen molar-refractivity contribution in [1.82, 2.24) is 20.4 Å². The molecule has 4 N–H and O–H groups in total. The number of aromatic nitrogens is 2. The van der Waals surface area contributed by atoms with Gasteiger partial charge in [-0.2, -0.15) is 18.3 Å². The molecule has 0 saturated heterocycles. The van der Waals surface area contributed by atoms with Crippen LogP contribution in [-0.2, 0) is 24.1 Å². The van der Waals surface area contributed by atoms with Gasteiger partial charge in [-0.15, -0.1) is 0 Å². The van der Waals surface area contributed by atoms with Gasteiger partial charge in [0.2, 0.25) is 5.91 Å². The van der Waals surface area contributed by atoms with E-state index in [0.717, 1.165) is 22.9 Å². The smallest absolute Gasteiger partial charge is 0.351 e. The lowest BCUT2D eigenvalue weighted by atomic mass is 10.2. The SMILES string of the molecule is C[C@H](N)C(=O)NCc1cccc(-n2nc(C(F)(F)F)cc2C(=O)NCc2cc(F)ccc2F)c1. The number of hydrogen-bond donors (Lipinski definition) is 3. The quantitative estimate of drug-likeness (QED) is 0.452. The molecule has 2 aromatic carbocycles. The van der Waals surface area contributed by atoms with E-state index in [-0.39, 0.29) is 17.8 Å². The molecule has 1 atom stereocenters. The van der Waals surface area contributed by atoms with E-state index in [4.69, 9.17) is 5.73 Å². The largest absolute Gasteiger partial charge is 0.435 e. The first-order chi connectivity index (χ1) is 16.0. The number of nitrogens with zero attached hydrogens (tertiary/aromatic N) is 2. The molecule has 180 valence electrons. The maximum absolute atomic E-state index is 13.8. The van der Waals surface area contributed by atoms with Crippen LogP contribution in [0, 0.1) is 11.6 Å². The summed E-state index contributed by atoms with van der Waals surface area (Å²) in [6.07, 6.45) is -4.84. The number of rotatable bonds is 7. The fourth-order valence-electron chi connectivity index (χ4n) is 2.97. The van der Waals surface area contributed by atoms with Crippen molar-refractivity contribution in [3.8, 4) is 5.69 Å². The van der Waals surface area contributed by atoms with Crippen molar-refractivity contribution in [3.05, 3.63) is 82.7 Å². The van der Waals surface area contributed by atoms with Gasteiger partial charge in [-0.05, 0) is 42.8 Å². The van der Waals surface area contributed by atoms with Crippen LogP contribution in [0.4, 0.5) is 22.0 Å². The Hall–Kier alpha value is -3.80. The molecule has 0 saturated carbocycles. The van der Waals surface area contributed by atoms with Crippen molar-refractivity contribution >= 4 is 11.8 Å². The maximum atomic E-state index is 13.8. The first-order valence-corrected chi connectivity index (χ1v) is 9.97. The Morgan fingerprint density at radius 3 is 2.47 bits per heavy atom. The van der Waals surface area contributed by atoms with E-state index in [0.29, 0.717) is 11.6 Å². The summed E-state index contributed by atoms with van der Waals surface area (Å²) in [6, 6.07) is 8.45. The van der Waals surface area contributed by atoms with E-state index in [1.165, 1.54) is 25.1 Å². The van der Waals surface area contributed by atoms with Crippen LogP contribution in [0.5, 0.6) is 0 Å². The van der Waals surface area contributed by atoms with Crippen LogP contribution in [0.2, 0.25) is 0 Å². The summed E-state index contributed by atoms with van der Waals surface area (Å²) in [7, 11) is 0. The van der Waals surface area contributed by atoms with Crippen molar-refractivity contribution in [2.24, 2.45) is 5.73 Å². The first kappa shape index (κ1) is 24.8. The van der Waals surface area contributed by atoms with Crippen LogP contribution in [0.25, 0.3) is 5.69 Å². The summed E-state index contributed by atoms with van der Waals surface area (Å²) in [5, 5.41) is 8.37. The summed E-state index contributed by atoms with van der Waals surface area (Å²) in [5.74, 6) is -2.92. The molecule has 0 bridgehead atoms. The van der Waals surface area contributed by atoms with Gasteiger partial charge in [-0.25, -0.2) is 13.5 Å². The number of carbonyl (C=O) groups excluding carboxylic acids is 2. The highest BCUT2D eigenvalue weighted by atomic mass is 19.4. The fraction of sp³-hybridized carbons (Fsp3) is 0.227. The van der Waals surface area contributed by atoms with Gasteiger partial charge in [0, 0.05) is 24.7 Å². The van der Waals surface area contributed by atoms with Crippen LogP contribution in [0.1, 0.15) is 34.2 Å². The number of halogens is 5. The van der Waals surface area contributed by atoms with Crippen LogP contribution in [0.3, 0.4) is 0 Å². The highest BCUT2D eigenvalue weighted by Crippen LogP contribution is 2.29. The summed E-state index contributed by atoms with van der Waals surface area (Å²) in [4.78, 5) is 24.4. The molecular weight excluding hydrogens is 461 g/mol. The predicted octanol–water partition coefficient (Wildman–Crippen LogP) is 3.06. The van der Waals surface area contributed by atoms with Crippen molar-refractivity contribution in [2.45, 2.75) is 32.2 Å². The third kappa shape index (κ3) is 5.95. The molecule has 12 heteroatoms. The molecule has 0 fully saturated rings. The van der Waals surface area contributed by atoms with Crippen LogP contribution < -0.4 is 16.4 Å². The first-order valence-electron chi connectivity index (χ1n) is 9.97. The van der Waals surface area contributed by atoms with E-state index in [1.54, 1.807) is 6.07 Å². The predicted molar refractivity (Wildman–Crippen MR) is 112 cm³/mol. The number of amides is 2. The van der Waals surface area contributed by atoms with Crippen molar-refractivity contribution in [3.63, 3.8) is 0 Å². The Bertz CT molecular complexity index is 1210. The Balaban J connectivity index is 1.90. The number of hydrogen-bond acceptors (Lipinski definition) is 4. The van der Waals surface area contributed by atoms with Gasteiger partial charge < -0.3 is 16.4 Å². The Labute approximate surface area is 190 Å². The standard InChI is InChI=1S/C22H20F5N5O2/c1-12(28)20(33)29-10-13-3-2-4-16(7-13)32-18(9-19(31-32)22(25,26)27)21(34)30-11-14-8-15(23)5-6-17(14)24/h2-9,12H,10-11,28H2,1H3,(H,29,33)(H,30,34)/t12-/m0/s1. The molecule has 0 aliphatic heterocycles. The van der Waals surface area contributed by atoms with Crippen LogP contribution in [0.15, 0.2) is 48.5 Å². The Morgan fingerprint density at radius 1 is 1.06 bits per heavy atom. The van der Waals surface area contributed by atoms with Gasteiger partial charge in [-0.1, -0.05) is 12.1 Å². The van der Waals surface area contributed by atoms with E-state index in [2.05, 4.69) is 15.7 Å². The highest BCUT2D eigenvalue weighted by Gasteiger charge is 2.36. The Kier molecular flexibility index (Phi) is 7.30. The second-order valence-electron chi connectivity index (χ2n) is 7.42. The summed E-state index contributed by atoms with van der Waals surface area (Å²) < 4.78 is 67.9. The van der Waals surface area contributed by atoms with Gasteiger partial charge in [-0.3, -0.25) is 9.59 Å². The lowest BCUT2D eigenvalue weighted by Gasteiger charge is -2.11. The zero-order valence-electron chi connectivity index (χ0n) is 17.8. The van der Waals surface area contributed by atoms with Gasteiger partial charge in [0.1, 0.15) is 17.3 Å². The minimum Gasteiger partial charge on any atom is -0.351 e. The summed E-state index contributed by atoms with van der Waals surface area (Å²) in [5.41, 5.74) is 4.15. The number of benzene rings is 2. The monoisotopic (exact) mass is 481 g/mol. The minimum atomic E-state index is -4.84. The molecule has 0 unspecified atom stereocenters. The lowest BCUT2D eigenvalue weighted by Crippen LogP contribution is -2.37. The molecule has 0 aliphatic rings. The number of nitrogens with one attached hydrogen (secondary N) is 2. The minimum absolute atomic E-state index is 0.0436. The number of alkyl halides is 3. The van der Waals surface area contributed by atoms with Gasteiger partial charge in [0.25, 0.3) is 5.91 Å². The molecule has 1 heterocycles. The van der Waals surface area contributed by atoms with Crippen LogP contribution in [-0.4, -0.2) is 27.6 Å². The maximum Gasteiger partial charge on any atom is 0.435 e. The fourth-order valence-corrected chi connectivity index (χ4v) is 2.97. The van der Waals surface area contributed by atoms with Crippen molar-refractivity contribution < 1.29 is 31.5 Å². The van der Waals surface area contributed by atoms with Crippen LogP contribution >= 0.6 is 0 Å². The van der Waals surface area contributed by atoms with E-state index < -0.39 is 53.6 Å². The van der Waals surface area contributed by atoms with E-state index in [1.807, 2.05) is 0 Å². The molecule has 7 nitrogen and oxygen atoms in total. The number of carbonyl (C=O) groups is 2. The molecule has 2 amide bonds. The van der Waals surface area contributed by atoms with Crippen molar-refractivity contribution in [2.75, 3.05) is 0 Å². The number of nitrogens with two attached hydrogens (primary N) is 1. The highest BCUT2D eigenvalue weighted by molar-refractivity contribution is 5.93. The molecule has 1 aromatic heterocycles. The normalized spacial score (nSPS) is 12.3. The molecule has 3 rings (SSSR count). The molecule has 0 radical (unpaired) electrons. The third-order valence-corrected chi connectivity index (χ3v) is 4.72. The summed E-state index contributed by atoms with van der Waals surface area (Å²) in [6.45, 7) is 1.08. The molecule has 0 spiro atoms. The van der Waals surface area contributed by atoms with E-state index >= 15 is 0 Å². The molecular formula is C22H20F5N5O2. The average molecular weight is 481 g/mol. The topological polar surface area (TPSA) is 102 Å². The van der Waals surface area contributed by atoms with E-state index in [9.17, 15) is 31.5 Å². The van der Waals surface area contributed by atoms with Crippen molar-refractivity contribution in [1.29, 1.82) is 0 Å². The molecule has 0 aliphatic carbocycles. The Morgan fingerprint density at radius 2 is 1.79 bits per heavy atom. The second-order valence-corrected chi connectivity index (χ2v) is 7.42. The average Bonchev–Trinajstić information content (AvgIpc) is 3.24. The lowest BCUT2D eigenvalue weighted by molar-refractivity contribution is -0.141. The van der Waals surface area contributed by atoms with Gasteiger partial charge in [0.05, 0.1) is 11.7 Å². The molecule has 3 aromatic rings. The third-order valence-electron chi connectivity index (χ3n) is 4.72. The summed E-state index contributed by atoms with van der Waals surface area (Å²) >= 11 is 0.